The standard InChI is InChI=1S/C10H10ClN3O/c1-6-5-13-9(3-8(6)11)10(15)14-7(2)4-12/h3,5,7H,1-2H3,(H,14,15). The summed E-state index contributed by atoms with van der Waals surface area (Å²) in [7, 11) is 0. The number of aryl methyl sites for hydroxylation is 1. The molecule has 0 bridgehead atoms. The quantitative estimate of drug-likeness (QED) is 0.830. The molecule has 1 atom stereocenters. The fourth-order valence-corrected chi connectivity index (χ4v) is 1.08. The number of carbonyl (C=O) groups is 1. The Hall–Kier alpha value is -1.60. The lowest BCUT2D eigenvalue weighted by Crippen LogP contribution is -2.31. The number of halogens is 1. The first-order valence-corrected chi connectivity index (χ1v) is 4.75. The third kappa shape index (κ3) is 2.93. The Morgan fingerprint density at radius 1 is 1.73 bits per heavy atom. The number of nitriles is 1. The number of aromatic nitrogens is 1. The first-order valence-electron chi connectivity index (χ1n) is 4.37. The van der Waals surface area contributed by atoms with Crippen LogP contribution in [0.3, 0.4) is 0 Å². The van der Waals surface area contributed by atoms with Crippen molar-refractivity contribution in [3.05, 3.63) is 28.5 Å². The van der Waals surface area contributed by atoms with Crippen LogP contribution in [-0.4, -0.2) is 16.9 Å². The highest BCUT2D eigenvalue weighted by molar-refractivity contribution is 6.31. The van der Waals surface area contributed by atoms with Crippen molar-refractivity contribution >= 4 is 17.5 Å². The van der Waals surface area contributed by atoms with Crippen LogP contribution in [0.4, 0.5) is 0 Å². The third-order valence-corrected chi connectivity index (χ3v) is 2.22. The van der Waals surface area contributed by atoms with Crippen LogP contribution in [0.5, 0.6) is 0 Å². The van der Waals surface area contributed by atoms with Gasteiger partial charge in [-0.1, -0.05) is 11.6 Å². The normalized spacial score (nSPS) is 11.6. The highest BCUT2D eigenvalue weighted by Gasteiger charge is 2.11. The maximum absolute atomic E-state index is 11.5. The van der Waals surface area contributed by atoms with E-state index in [2.05, 4.69) is 10.3 Å². The molecule has 0 aliphatic rings. The number of hydrogen-bond donors (Lipinski definition) is 1. The van der Waals surface area contributed by atoms with Gasteiger partial charge in [0.1, 0.15) is 11.7 Å². The summed E-state index contributed by atoms with van der Waals surface area (Å²) in [4.78, 5) is 15.4. The molecule has 1 amide bonds. The largest absolute Gasteiger partial charge is 0.335 e. The Kier molecular flexibility index (Phi) is 3.64. The monoisotopic (exact) mass is 223 g/mol. The van der Waals surface area contributed by atoms with Crippen molar-refractivity contribution in [3.8, 4) is 6.07 Å². The number of pyridine rings is 1. The van der Waals surface area contributed by atoms with Gasteiger partial charge in [0.2, 0.25) is 0 Å². The van der Waals surface area contributed by atoms with Crippen molar-refractivity contribution in [2.75, 3.05) is 0 Å². The van der Waals surface area contributed by atoms with Crippen LogP contribution < -0.4 is 5.32 Å². The predicted molar refractivity (Wildman–Crippen MR) is 56.5 cm³/mol. The Morgan fingerprint density at radius 3 is 2.93 bits per heavy atom. The van der Waals surface area contributed by atoms with Crippen LogP contribution in [0, 0.1) is 18.3 Å². The van der Waals surface area contributed by atoms with Gasteiger partial charge in [-0.2, -0.15) is 5.26 Å². The summed E-state index contributed by atoms with van der Waals surface area (Å²) < 4.78 is 0. The third-order valence-electron chi connectivity index (χ3n) is 1.81. The Morgan fingerprint density at radius 2 is 2.40 bits per heavy atom. The molecule has 1 N–H and O–H groups in total. The molecule has 4 nitrogen and oxygen atoms in total. The van der Waals surface area contributed by atoms with Crippen LogP contribution >= 0.6 is 11.6 Å². The highest BCUT2D eigenvalue weighted by Crippen LogP contribution is 2.14. The van der Waals surface area contributed by atoms with E-state index in [1.807, 2.05) is 6.07 Å². The fraction of sp³-hybridized carbons (Fsp3) is 0.300. The van der Waals surface area contributed by atoms with Gasteiger partial charge >= 0.3 is 0 Å². The number of nitrogens with zero attached hydrogens (tertiary/aromatic N) is 2. The molecule has 1 heterocycles. The molecule has 0 saturated heterocycles. The smallest absolute Gasteiger partial charge is 0.270 e. The van der Waals surface area contributed by atoms with Gasteiger partial charge in [0.15, 0.2) is 0 Å². The summed E-state index contributed by atoms with van der Waals surface area (Å²) in [5.74, 6) is -0.397. The second kappa shape index (κ2) is 4.76. The first-order chi connectivity index (χ1) is 7.04. The minimum atomic E-state index is -0.542. The van der Waals surface area contributed by atoms with Gasteiger partial charge in [-0.05, 0) is 25.5 Å². The molecule has 0 aliphatic heterocycles. The van der Waals surface area contributed by atoms with Crippen LogP contribution in [0.2, 0.25) is 5.02 Å². The lowest BCUT2D eigenvalue weighted by Gasteiger charge is -2.06. The molecule has 5 heteroatoms. The van der Waals surface area contributed by atoms with E-state index in [-0.39, 0.29) is 5.69 Å². The van der Waals surface area contributed by atoms with E-state index in [1.54, 1.807) is 13.8 Å². The highest BCUT2D eigenvalue weighted by atomic mass is 35.5. The lowest BCUT2D eigenvalue weighted by atomic mass is 10.2. The van der Waals surface area contributed by atoms with Crippen molar-refractivity contribution < 1.29 is 4.79 Å². The molecule has 1 aromatic rings. The zero-order valence-corrected chi connectivity index (χ0v) is 9.17. The molecule has 0 spiro atoms. The molecule has 1 aromatic heterocycles. The Labute approximate surface area is 92.9 Å². The molecule has 1 rings (SSSR count). The van der Waals surface area contributed by atoms with E-state index >= 15 is 0 Å². The number of nitrogens with one attached hydrogen (secondary N) is 1. The fourth-order valence-electron chi connectivity index (χ4n) is 0.926. The molecule has 0 aliphatic carbocycles. The van der Waals surface area contributed by atoms with Gasteiger partial charge in [0, 0.05) is 11.2 Å². The maximum Gasteiger partial charge on any atom is 0.270 e. The van der Waals surface area contributed by atoms with E-state index in [9.17, 15) is 4.79 Å². The summed E-state index contributed by atoms with van der Waals surface area (Å²) in [6.45, 7) is 3.39. The van der Waals surface area contributed by atoms with Crippen LogP contribution in [0.1, 0.15) is 23.0 Å². The Bertz CT molecular complexity index is 425. The zero-order valence-electron chi connectivity index (χ0n) is 8.41. The number of rotatable bonds is 2. The van der Waals surface area contributed by atoms with Gasteiger partial charge in [0.25, 0.3) is 5.91 Å². The van der Waals surface area contributed by atoms with Crippen molar-refractivity contribution in [3.63, 3.8) is 0 Å². The van der Waals surface area contributed by atoms with E-state index in [1.165, 1.54) is 12.3 Å². The van der Waals surface area contributed by atoms with E-state index in [0.717, 1.165) is 5.56 Å². The number of amides is 1. The van der Waals surface area contributed by atoms with Crippen LogP contribution in [0.25, 0.3) is 0 Å². The number of hydrogen-bond acceptors (Lipinski definition) is 3. The molecule has 1 unspecified atom stereocenters. The molecule has 0 radical (unpaired) electrons. The average Bonchev–Trinajstić information content (AvgIpc) is 2.21. The summed E-state index contributed by atoms with van der Waals surface area (Å²) in [6, 6.07) is 2.84. The van der Waals surface area contributed by atoms with E-state index < -0.39 is 11.9 Å². The topological polar surface area (TPSA) is 65.8 Å². The molecule has 0 saturated carbocycles. The van der Waals surface area contributed by atoms with Crippen molar-refractivity contribution in [1.82, 2.24) is 10.3 Å². The second-order valence-corrected chi connectivity index (χ2v) is 3.55. The molecular weight excluding hydrogens is 214 g/mol. The zero-order chi connectivity index (χ0) is 11.4. The minimum absolute atomic E-state index is 0.215. The summed E-state index contributed by atoms with van der Waals surface area (Å²) in [6.07, 6.45) is 1.52. The SMILES string of the molecule is Cc1cnc(C(=O)NC(C)C#N)cc1Cl. The van der Waals surface area contributed by atoms with E-state index in [4.69, 9.17) is 16.9 Å². The molecule has 0 aromatic carbocycles. The average molecular weight is 224 g/mol. The predicted octanol–water partition coefficient (Wildman–Crippen LogP) is 1.69. The number of carbonyl (C=O) groups excluding carboxylic acids is 1. The van der Waals surface area contributed by atoms with Crippen molar-refractivity contribution in [2.24, 2.45) is 0 Å². The van der Waals surface area contributed by atoms with Crippen molar-refractivity contribution in [1.29, 1.82) is 5.26 Å². The molecule has 0 fully saturated rings. The summed E-state index contributed by atoms with van der Waals surface area (Å²) in [5.41, 5.74) is 1.02. The molecule has 78 valence electrons. The second-order valence-electron chi connectivity index (χ2n) is 3.14. The van der Waals surface area contributed by atoms with Gasteiger partial charge in [-0.25, -0.2) is 0 Å². The van der Waals surface area contributed by atoms with Gasteiger partial charge < -0.3 is 5.32 Å². The van der Waals surface area contributed by atoms with Crippen molar-refractivity contribution in [2.45, 2.75) is 19.9 Å². The molecular formula is C10H10ClN3O. The first kappa shape index (κ1) is 11.5. The Balaban J connectivity index is 2.84. The van der Waals surface area contributed by atoms with Crippen LogP contribution in [0.15, 0.2) is 12.3 Å². The minimum Gasteiger partial charge on any atom is -0.335 e. The summed E-state index contributed by atoms with van der Waals surface area (Å²) in [5, 5.41) is 11.5. The summed E-state index contributed by atoms with van der Waals surface area (Å²) >= 11 is 5.84. The lowest BCUT2D eigenvalue weighted by molar-refractivity contribution is 0.0943. The van der Waals surface area contributed by atoms with E-state index in [0.29, 0.717) is 5.02 Å². The van der Waals surface area contributed by atoms with Gasteiger partial charge in [0.05, 0.1) is 6.07 Å². The maximum atomic E-state index is 11.5. The van der Waals surface area contributed by atoms with Gasteiger partial charge in [-0.15, -0.1) is 0 Å². The van der Waals surface area contributed by atoms with Crippen LogP contribution in [-0.2, 0) is 0 Å². The van der Waals surface area contributed by atoms with Gasteiger partial charge in [-0.3, -0.25) is 9.78 Å². The molecule has 15 heavy (non-hydrogen) atoms.